The van der Waals surface area contributed by atoms with Crippen molar-refractivity contribution >= 4 is 28.7 Å². The van der Waals surface area contributed by atoms with Crippen molar-refractivity contribution in [2.75, 3.05) is 49.5 Å². The minimum atomic E-state index is -4.58. The molecule has 41 heavy (non-hydrogen) atoms. The standard InChI is InChI=1S/C29H34F3N7O2/c1-18-5-6-19(10-27(18)39(34)17-26(33)20-9-25(41-4)15-35-14-20)28(40)36-22-11-21(29(30,31)32)12-24(13-22)38(3)23-7-8-37(2)16-23/h5-6,9-15,17,23H,7-8,16,33-34H2,1-4H3,(H,36,40)/b26-17-. The molecule has 1 fully saturated rings. The van der Waals surface area contributed by atoms with E-state index < -0.39 is 17.6 Å². The second-order valence-corrected chi connectivity index (χ2v) is 10.1. The quantitative estimate of drug-likeness (QED) is 0.270. The van der Waals surface area contributed by atoms with Crippen LogP contribution in [0.1, 0.15) is 33.5 Å². The minimum Gasteiger partial charge on any atom is -0.495 e. The van der Waals surface area contributed by atoms with Crippen molar-refractivity contribution in [3.8, 4) is 5.75 Å². The van der Waals surface area contributed by atoms with E-state index in [0.717, 1.165) is 37.2 Å². The number of rotatable bonds is 8. The maximum atomic E-state index is 13.8. The third-order valence-electron chi connectivity index (χ3n) is 7.13. The largest absolute Gasteiger partial charge is 0.495 e. The Kier molecular flexibility index (Phi) is 8.74. The van der Waals surface area contributed by atoms with Crippen molar-refractivity contribution in [3.05, 3.63) is 83.3 Å². The van der Waals surface area contributed by atoms with E-state index in [1.807, 2.05) is 18.9 Å². The van der Waals surface area contributed by atoms with Gasteiger partial charge in [-0.05, 0) is 68.9 Å². The number of aryl methyl sites for hydroxylation is 1. The molecule has 0 spiro atoms. The van der Waals surface area contributed by atoms with E-state index in [2.05, 4.69) is 15.2 Å². The predicted octanol–water partition coefficient (Wildman–Crippen LogP) is 4.45. The molecule has 1 amide bonds. The van der Waals surface area contributed by atoms with Crippen LogP contribution in [0.25, 0.3) is 5.70 Å². The fraction of sp³-hybridized carbons (Fsp3) is 0.310. The number of pyridine rings is 1. The number of nitrogens with two attached hydrogens (primary N) is 2. The summed E-state index contributed by atoms with van der Waals surface area (Å²) in [7, 11) is 5.26. The summed E-state index contributed by atoms with van der Waals surface area (Å²) in [6.07, 6.45) is 0.840. The van der Waals surface area contributed by atoms with Gasteiger partial charge >= 0.3 is 6.18 Å². The molecule has 1 atom stereocenters. The topological polar surface area (TPSA) is 113 Å². The molecule has 1 saturated heterocycles. The highest BCUT2D eigenvalue weighted by Gasteiger charge is 2.33. The van der Waals surface area contributed by atoms with Crippen LogP contribution in [0.15, 0.2) is 61.1 Å². The smallest absolute Gasteiger partial charge is 0.416 e. The molecule has 4 rings (SSSR count). The highest BCUT2D eigenvalue weighted by Crippen LogP contribution is 2.35. The van der Waals surface area contributed by atoms with Crippen molar-refractivity contribution in [2.45, 2.75) is 25.6 Å². The number of likely N-dealkylation sites (tertiary alicyclic amines) is 1. The average Bonchev–Trinajstić information content (AvgIpc) is 3.38. The molecule has 2 heterocycles. The molecule has 9 nitrogen and oxygen atoms in total. The molecule has 2 aromatic carbocycles. The lowest BCUT2D eigenvalue weighted by Crippen LogP contribution is -2.34. The molecular weight excluding hydrogens is 535 g/mol. The number of amides is 1. The van der Waals surface area contributed by atoms with Gasteiger partial charge in [0.2, 0.25) is 0 Å². The van der Waals surface area contributed by atoms with E-state index in [9.17, 15) is 18.0 Å². The number of alkyl halides is 3. The van der Waals surface area contributed by atoms with Crippen LogP contribution in [0.5, 0.6) is 5.75 Å². The highest BCUT2D eigenvalue weighted by molar-refractivity contribution is 6.05. The Bertz CT molecular complexity index is 1440. The van der Waals surface area contributed by atoms with Crippen LogP contribution in [-0.2, 0) is 6.18 Å². The number of halogens is 3. The van der Waals surface area contributed by atoms with E-state index in [0.29, 0.717) is 28.4 Å². The Morgan fingerprint density at radius 2 is 1.93 bits per heavy atom. The number of methoxy groups -OCH3 is 1. The van der Waals surface area contributed by atoms with E-state index in [1.54, 1.807) is 49.8 Å². The zero-order valence-corrected chi connectivity index (χ0v) is 23.4. The number of benzene rings is 2. The molecule has 1 aliphatic rings. The number of hydrogen-bond acceptors (Lipinski definition) is 8. The van der Waals surface area contributed by atoms with Crippen LogP contribution in [-0.4, -0.2) is 56.1 Å². The Labute approximate surface area is 237 Å². The van der Waals surface area contributed by atoms with Crippen LogP contribution in [0.4, 0.5) is 30.2 Å². The Hall–Kier alpha value is -4.29. The minimum absolute atomic E-state index is 0.0411. The molecule has 5 N–H and O–H groups in total. The number of nitrogens with zero attached hydrogens (tertiary/aromatic N) is 4. The van der Waals surface area contributed by atoms with Crippen molar-refractivity contribution in [1.82, 2.24) is 9.88 Å². The zero-order valence-electron chi connectivity index (χ0n) is 23.4. The van der Waals surface area contributed by atoms with Gasteiger partial charge in [0.25, 0.3) is 5.91 Å². The normalized spacial score (nSPS) is 16.0. The van der Waals surface area contributed by atoms with Gasteiger partial charge in [-0.2, -0.15) is 13.2 Å². The van der Waals surface area contributed by atoms with E-state index in [1.165, 1.54) is 18.3 Å². The maximum Gasteiger partial charge on any atom is 0.416 e. The van der Waals surface area contributed by atoms with Crippen LogP contribution in [0.2, 0.25) is 0 Å². The third kappa shape index (κ3) is 7.08. The average molecular weight is 570 g/mol. The first-order valence-corrected chi connectivity index (χ1v) is 12.9. The summed E-state index contributed by atoms with van der Waals surface area (Å²) in [6.45, 7) is 3.41. The molecule has 3 aromatic rings. The van der Waals surface area contributed by atoms with Gasteiger partial charge in [-0.25, -0.2) is 5.84 Å². The summed E-state index contributed by atoms with van der Waals surface area (Å²) < 4.78 is 46.5. The fourth-order valence-electron chi connectivity index (χ4n) is 4.70. The van der Waals surface area contributed by atoms with Crippen LogP contribution in [0.3, 0.4) is 0 Å². The van der Waals surface area contributed by atoms with Gasteiger partial charge in [0, 0.05) is 54.5 Å². The molecule has 218 valence electrons. The molecule has 0 bridgehead atoms. The lowest BCUT2D eigenvalue weighted by molar-refractivity contribution is -0.137. The number of ether oxygens (including phenoxy) is 1. The summed E-state index contributed by atoms with van der Waals surface area (Å²) in [5.74, 6) is 6.22. The number of hydrazine groups is 1. The summed E-state index contributed by atoms with van der Waals surface area (Å²) in [5.41, 5.74) is 8.12. The number of likely N-dealkylation sites (N-methyl/N-ethyl adjacent to an activating group) is 2. The summed E-state index contributed by atoms with van der Waals surface area (Å²) in [5, 5.41) is 3.91. The second-order valence-electron chi connectivity index (χ2n) is 10.1. The number of anilines is 3. The number of aromatic nitrogens is 1. The van der Waals surface area contributed by atoms with Crippen molar-refractivity contribution in [1.29, 1.82) is 0 Å². The van der Waals surface area contributed by atoms with Crippen LogP contribution >= 0.6 is 0 Å². The SMILES string of the molecule is COc1cncc(/C(N)=C/N(N)c2cc(C(=O)Nc3cc(N(C)C4CCN(C)C4)cc(C(F)(F)F)c3)ccc2C)c1. The fourth-order valence-corrected chi connectivity index (χ4v) is 4.70. The van der Waals surface area contributed by atoms with E-state index in [-0.39, 0.29) is 17.3 Å². The number of hydrogen-bond donors (Lipinski definition) is 3. The number of nitrogens with one attached hydrogen (secondary N) is 1. The molecule has 1 aromatic heterocycles. The van der Waals surface area contributed by atoms with Gasteiger partial charge in [-0.1, -0.05) is 6.07 Å². The molecule has 0 aliphatic carbocycles. The number of carbonyl (C=O) groups is 1. The first-order chi connectivity index (χ1) is 19.3. The Balaban J connectivity index is 1.59. The Morgan fingerprint density at radius 1 is 1.17 bits per heavy atom. The molecule has 12 heteroatoms. The summed E-state index contributed by atoms with van der Waals surface area (Å²) in [6, 6.07) is 10.2. The molecule has 0 saturated carbocycles. The van der Waals surface area contributed by atoms with Gasteiger partial charge in [0.15, 0.2) is 0 Å². The predicted molar refractivity (Wildman–Crippen MR) is 155 cm³/mol. The van der Waals surface area contributed by atoms with Gasteiger partial charge in [-0.15, -0.1) is 0 Å². The van der Waals surface area contributed by atoms with Gasteiger partial charge in [0.1, 0.15) is 5.75 Å². The van der Waals surface area contributed by atoms with Gasteiger partial charge in [-0.3, -0.25) is 14.8 Å². The van der Waals surface area contributed by atoms with Gasteiger partial charge < -0.3 is 25.6 Å². The first-order valence-electron chi connectivity index (χ1n) is 12.9. The lowest BCUT2D eigenvalue weighted by atomic mass is 10.1. The van der Waals surface area contributed by atoms with Crippen LogP contribution < -0.4 is 31.5 Å². The zero-order chi connectivity index (χ0) is 29.9. The Morgan fingerprint density at radius 3 is 2.59 bits per heavy atom. The molecule has 0 radical (unpaired) electrons. The van der Waals surface area contributed by atoms with Gasteiger partial charge in [0.05, 0.1) is 30.3 Å². The second kappa shape index (κ2) is 12.1. The van der Waals surface area contributed by atoms with Crippen LogP contribution in [0, 0.1) is 6.92 Å². The lowest BCUT2D eigenvalue weighted by Gasteiger charge is -2.28. The van der Waals surface area contributed by atoms with E-state index in [4.69, 9.17) is 16.3 Å². The molecule has 1 unspecified atom stereocenters. The molecular formula is C29H34F3N7O2. The molecule has 1 aliphatic heterocycles. The summed E-state index contributed by atoms with van der Waals surface area (Å²) >= 11 is 0. The van der Waals surface area contributed by atoms with Crippen molar-refractivity contribution < 1.29 is 22.7 Å². The van der Waals surface area contributed by atoms with Crippen molar-refractivity contribution in [3.63, 3.8) is 0 Å². The summed E-state index contributed by atoms with van der Waals surface area (Å²) in [4.78, 5) is 21.3. The van der Waals surface area contributed by atoms with Crippen molar-refractivity contribution in [2.24, 2.45) is 11.6 Å². The first kappa shape index (κ1) is 29.7. The number of carbonyl (C=O) groups excluding carboxylic acids is 1. The maximum absolute atomic E-state index is 13.8. The highest BCUT2D eigenvalue weighted by atomic mass is 19.4. The third-order valence-corrected chi connectivity index (χ3v) is 7.13. The monoisotopic (exact) mass is 569 g/mol. The van der Waals surface area contributed by atoms with E-state index >= 15 is 0 Å².